The normalized spacial score (nSPS) is 13.0. The SMILES string of the molecule is COc1cc2c(cc1OC)C(c1ccccc1[N+](=O)[O-])=NCS2. The van der Waals surface area contributed by atoms with E-state index in [4.69, 9.17) is 9.47 Å². The van der Waals surface area contributed by atoms with Gasteiger partial charge in [-0.15, -0.1) is 11.8 Å². The number of rotatable bonds is 4. The summed E-state index contributed by atoms with van der Waals surface area (Å²) >= 11 is 1.56. The lowest BCUT2D eigenvalue weighted by Gasteiger charge is -2.19. The third-order valence-corrected chi connectivity index (χ3v) is 4.45. The number of nitrogens with zero attached hydrogens (tertiary/aromatic N) is 2. The first-order valence-electron chi connectivity index (χ1n) is 6.83. The molecule has 3 rings (SSSR count). The number of hydrogen-bond donors (Lipinski definition) is 0. The van der Waals surface area contributed by atoms with Gasteiger partial charge in [0.1, 0.15) is 0 Å². The van der Waals surface area contributed by atoms with Gasteiger partial charge in [0.05, 0.1) is 36.3 Å². The summed E-state index contributed by atoms with van der Waals surface area (Å²) in [6.45, 7) is 0. The van der Waals surface area contributed by atoms with Crippen LogP contribution in [-0.4, -0.2) is 30.7 Å². The van der Waals surface area contributed by atoms with E-state index in [2.05, 4.69) is 4.99 Å². The Kier molecular flexibility index (Phi) is 4.20. The molecule has 0 radical (unpaired) electrons. The summed E-state index contributed by atoms with van der Waals surface area (Å²) in [4.78, 5) is 16.4. The van der Waals surface area contributed by atoms with Crippen LogP contribution in [0.5, 0.6) is 11.5 Å². The molecule has 1 aliphatic rings. The molecule has 6 nitrogen and oxygen atoms in total. The van der Waals surface area contributed by atoms with Gasteiger partial charge in [0, 0.05) is 16.5 Å². The molecule has 1 aliphatic heterocycles. The summed E-state index contributed by atoms with van der Waals surface area (Å²) in [7, 11) is 3.14. The van der Waals surface area contributed by atoms with Crippen molar-refractivity contribution >= 4 is 23.2 Å². The highest BCUT2D eigenvalue weighted by molar-refractivity contribution is 7.99. The standard InChI is InChI=1S/C16H14N2O4S/c1-21-13-7-11-15(8-14(13)22-2)23-9-17-16(11)10-5-3-4-6-12(10)18(19)20/h3-8H,9H2,1-2H3. The number of para-hydroxylation sites is 1. The first-order chi connectivity index (χ1) is 11.2. The van der Waals surface area contributed by atoms with E-state index in [1.54, 1.807) is 44.2 Å². The van der Waals surface area contributed by atoms with Crippen LogP contribution in [0.25, 0.3) is 0 Å². The monoisotopic (exact) mass is 330 g/mol. The maximum Gasteiger partial charge on any atom is 0.278 e. The molecule has 7 heteroatoms. The van der Waals surface area contributed by atoms with Crippen molar-refractivity contribution in [2.75, 3.05) is 20.1 Å². The average molecular weight is 330 g/mol. The van der Waals surface area contributed by atoms with Gasteiger partial charge in [0.15, 0.2) is 11.5 Å². The molecule has 0 bridgehead atoms. The third-order valence-electron chi connectivity index (χ3n) is 3.54. The Morgan fingerprint density at radius 3 is 2.52 bits per heavy atom. The number of ether oxygens (including phenoxy) is 2. The second kappa shape index (κ2) is 6.29. The van der Waals surface area contributed by atoms with E-state index < -0.39 is 0 Å². The number of hydrogen-bond acceptors (Lipinski definition) is 6. The van der Waals surface area contributed by atoms with E-state index in [-0.39, 0.29) is 10.6 Å². The lowest BCUT2D eigenvalue weighted by molar-refractivity contribution is -0.385. The number of thioether (sulfide) groups is 1. The lowest BCUT2D eigenvalue weighted by Crippen LogP contribution is -2.12. The van der Waals surface area contributed by atoms with Gasteiger partial charge in [-0.25, -0.2) is 0 Å². The predicted octanol–water partition coefficient (Wildman–Crippen LogP) is 3.51. The lowest BCUT2D eigenvalue weighted by atomic mass is 10.00. The van der Waals surface area contributed by atoms with Crippen LogP contribution in [0.3, 0.4) is 0 Å². The van der Waals surface area contributed by atoms with Crippen molar-refractivity contribution in [1.29, 1.82) is 0 Å². The molecular weight excluding hydrogens is 316 g/mol. The van der Waals surface area contributed by atoms with Gasteiger partial charge in [0.2, 0.25) is 0 Å². The molecule has 0 saturated carbocycles. The second-order valence-corrected chi connectivity index (χ2v) is 5.74. The van der Waals surface area contributed by atoms with E-state index in [0.717, 1.165) is 10.5 Å². The number of nitro benzene ring substituents is 1. The average Bonchev–Trinajstić information content (AvgIpc) is 2.59. The van der Waals surface area contributed by atoms with Gasteiger partial charge in [-0.2, -0.15) is 0 Å². The molecule has 23 heavy (non-hydrogen) atoms. The van der Waals surface area contributed by atoms with Crippen molar-refractivity contribution in [3.8, 4) is 11.5 Å². The fraction of sp³-hybridized carbons (Fsp3) is 0.188. The smallest absolute Gasteiger partial charge is 0.278 e. The molecule has 0 spiro atoms. The van der Waals surface area contributed by atoms with Gasteiger partial charge in [-0.3, -0.25) is 15.1 Å². The molecule has 2 aromatic rings. The minimum Gasteiger partial charge on any atom is -0.493 e. The fourth-order valence-corrected chi connectivity index (χ4v) is 3.31. The molecule has 0 aromatic heterocycles. The summed E-state index contributed by atoms with van der Waals surface area (Å²) in [5.74, 6) is 1.70. The first-order valence-corrected chi connectivity index (χ1v) is 7.81. The van der Waals surface area contributed by atoms with Crippen molar-refractivity contribution in [2.24, 2.45) is 4.99 Å². The number of methoxy groups -OCH3 is 2. The zero-order chi connectivity index (χ0) is 16.4. The Hall–Kier alpha value is -2.54. The van der Waals surface area contributed by atoms with Crippen LogP contribution in [0.4, 0.5) is 5.69 Å². The first kappa shape index (κ1) is 15.4. The summed E-state index contributed by atoms with van der Waals surface area (Å²) in [6.07, 6.45) is 0. The van der Waals surface area contributed by atoms with E-state index >= 15 is 0 Å². The molecule has 118 valence electrons. The topological polar surface area (TPSA) is 74.0 Å². The van der Waals surface area contributed by atoms with Crippen molar-refractivity contribution in [1.82, 2.24) is 0 Å². The van der Waals surface area contributed by atoms with Crippen LogP contribution >= 0.6 is 11.8 Å². The van der Waals surface area contributed by atoms with E-state index in [1.165, 1.54) is 6.07 Å². The number of aliphatic imine (C=N–C) groups is 1. The van der Waals surface area contributed by atoms with E-state index in [0.29, 0.717) is 28.7 Å². The van der Waals surface area contributed by atoms with Crippen molar-refractivity contribution in [2.45, 2.75) is 4.90 Å². The van der Waals surface area contributed by atoms with Crippen LogP contribution < -0.4 is 9.47 Å². The Morgan fingerprint density at radius 1 is 1.13 bits per heavy atom. The third kappa shape index (κ3) is 2.75. The summed E-state index contributed by atoms with van der Waals surface area (Å²) in [6, 6.07) is 10.3. The van der Waals surface area contributed by atoms with E-state index in [1.807, 2.05) is 12.1 Å². The van der Waals surface area contributed by atoms with Gasteiger partial charge >= 0.3 is 0 Å². The van der Waals surface area contributed by atoms with Crippen LogP contribution in [-0.2, 0) is 0 Å². The highest BCUT2D eigenvalue weighted by Crippen LogP contribution is 2.39. The van der Waals surface area contributed by atoms with Gasteiger partial charge in [0.25, 0.3) is 5.69 Å². The Bertz CT molecular complexity index is 805. The summed E-state index contributed by atoms with van der Waals surface area (Å²) < 4.78 is 10.7. The number of nitro groups is 1. The molecule has 0 saturated heterocycles. The van der Waals surface area contributed by atoms with Gasteiger partial charge in [-0.1, -0.05) is 12.1 Å². The van der Waals surface area contributed by atoms with Crippen molar-refractivity contribution in [3.05, 3.63) is 57.6 Å². The van der Waals surface area contributed by atoms with Crippen molar-refractivity contribution < 1.29 is 14.4 Å². The highest BCUT2D eigenvalue weighted by Gasteiger charge is 2.25. The van der Waals surface area contributed by atoms with Crippen LogP contribution in [0.15, 0.2) is 46.3 Å². The second-order valence-electron chi connectivity index (χ2n) is 4.76. The number of fused-ring (bicyclic) bond motifs is 1. The predicted molar refractivity (Wildman–Crippen MR) is 89.0 cm³/mol. The quantitative estimate of drug-likeness (QED) is 0.633. The highest BCUT2D eigenvalue weighted by atomic mass is 32.2. The van der Waals surface area contributed by atoms with Gasteiger partial charge < -0.3 is 9.47 Å². The molecule has 0 unspecified atom stereocenters. The molecule has 0 aliphatic carbocycles. The molecular formula is C16H14N2O4S. The minimum atomic E-state index is -0.389. The maximum atomic E-state index is 11.3. The molecule has 0 fully saturated rings. The molecule has 0 atom stereocenters. The Balaban J connectivity index is 2.18. The fourth-order valence-electron chi connectivity index (χ4n) is 2.48. The molecule has 0 N–H and O–H groups in total. The summed E-state index contributed by atoms with van der Waals surface area (Å²) in [5, 5.41) is 11.3. The zero-order valence-electron chi connectivity index (χ0n) is 12.6. The maximum absolute atomic E-state index is 11.3. The van der Waals surface area contributed by atoms with E-state index in [9.17, 15) is 10.1 Å². The van der Waals surface area contributed by atoms with Crippen LogP contribution in [0, 0.1) is 10.1 Å². The van der Waals surface area contributed by atoms with Crippen molar-refractivity contribution in [3.63, 3.8) is 0 Å². The molecule has 2 aromatic carbocycles. The summed E-state index contributed by atoms with van der Waals surface area (Å²) in [5.41, 5.74) is 1.96. The van der Waals surface area contributed by atoms with Crippen LogP contribution in [0.2, 0.25) is 0 Å². The van der Waals surface area contributed by atoms with Gasteiger partial charge in [-0.05, 0) is 18.2 Å². The Labute approximate surface area is 137 Å². The minimum absolute atomic E-state index is 0.0406. The molecule has 1 heterocycles. The number of benzene rings is 2. The largest absolute Gasteiger partial charge is 0.493 e. The van der Waals surface area contributed by atoms with Crippen LogP contribution in [0.1, 0.15) is 11.1 Å². The Morgan fingerprint density at radius 2 is 1.83 bits per heavy atom. The zero-order valence-corrected chi connectivity index (χ0v) is 13.4. The molecule has 0 amide bonds.